The molecule has 9 heteroatoms. The number of rotatable bonds is 6. The lowest BCUT2D eigenvalue weighted by atomic mass is 10.1. The molecule has 0 aliphatic carbocycles. The predicted molar refractivity (Wildman–Crippen MR) is 134 cm³/mol. The highest BCUT2D eigenvalue weighted by Gasteiger charge is 2.27. The molecule has 0 unspecified atom stereocenters. The van der Waals surface area contributed by atoms with E-state index in [4.69, 9.17) is 0 Å². The zero-order chi connectivity index (χ0) is 24.1. The van der Waals surface area contributed by atoms with Crippen molar-refractivity contribution < 1.29 is 14.4 Å². The van der Waals surface area contributed by atoms with Gasteiger partial charge in [0.1, 0.15) is 0 Å². The first kappa shape index (κ1) is 24.4. The highest BCUT2D eigenvalue weighted by molar-refractivity contribution is 7.12. The summed E-state index contributed by atoms with van der Waals surface area (Å²) >= 11 is 1.45. The molecule has 34 heavy (non-hydrogen) atoms. The lowest BCUT2D eigenvalue weighted by Gasteiger charge is -2.37. The van der Waals surface area contributed by atoms with Gasteiger partial charge in [-0.1, -0.05) is 24.3 Å². The second-order valence-electron chi connectivity index (χ2n) is 9.02. The van der Waals surface area contributed by atoms with Crippen molar-refractivity contribution in [2.24, 2.45) is 0 Å². The minimum absolute atomic E-state index is 0.00288. The Morgan fingerprint density at radius 1 is 0.794 bits per heavy atom. The quantitative estimate of drug-likeness (QED) is 0.679. The number of aryl methyl sites for hydroxylation is 2. The Morgan fingerprint density at radius 2 is 1.38 bits per heavy atom. The van der Waals surface area contributed by atoms with Crippen molar-refractivity contribution in [1.82, 2.24) is 19.6 Å². The van der Waals surface area contributed by atoms with Gasteiger partial charge < -0.3 is 15.1 Å². The summed E-state index contributed by atoms with van der Waals surface area (Å²) in [4.78, 5) is 46.6. The molecule has 1 N–H and O–H groups in total. The summed E-state index contributed by atoms with van der Waals surface area (Å²) < 4.78 is 0. The first-order valence-corrected chi connectivity index (χ1v) is 12.7. The number of hydrogen-bond donors (Lipinski definition) is 1. The van der Waals surface area contributed by atoms with Crippen molar-refractivity contribution in [2.75, 3.05) is 70.8 Å². The molecule has 0 saturated carbocycles. The Morgan fingerprint density at radius 3 is 1.97 bits per heavy atom. The van der Waals surface area contributed by atoms with Crippen LogP contribution in [0.4, 0.5) is 5.69 Å². The molecule has 3 heterocycles. The fourth-order valence-electron chi connectivity index (χ4n) is 4.51. The van der Waals surface area contributed by atoms with Crippen LogP contribution in [0.5, 0.6) is 0 Å². The monoisotopic (exact) mass is 483 g/mol. The molecule has 8 nitrogen and oxygen atoms in total. The van der Waals surface area contributed by atoms with Crippen molar-refractivity contribution >= 4 is 34.7 Å². The second-order valence-corrected chi connectivity index (χ2v) is 9.97. The molecule has 1 aromatic heterocycles. The third kappa shape index (κ3) is 6.02. The average molecular weight is 484 g/mol. The fraction of sp³-hybridized carbons (Fsp3) is 0.480. The van der Waals surface area contributed by atoms with Crippen LogP contribution in [0.25, 0.3) is 0 Å². The number of thiophene rings is 1. The zero-order valence-electron chi connectivity index (χ0n) is 20.0. The maximum atomic E-state index is 12.8. The lowest BCUT2D eigenvalue weighted by molar-refractivity contribution is -0.134. The van der Waals surface area contributed by atoms with Crippen molar-refractivity contribution in [1.29, 1.82) is 0 Å². The fourth-order valence-corrected chi connectivity index (χ4v) is 5.20. The number of nitrogens with one attached hydrogen (secondary N) is 1. The third-order valence-corrected chi connectivity index (χ3v) is 7.45. The molecule has 1 aromatic carbocycles. The Balaban J connectivity index is 1.17. The smallest absolute Gasteiger partial charge is 0.264 e. The maximum absolute atomic E-state index is 12.8. The van der Waals surface area contributed by atoms with Crippen molar-refractivity contribution in [3.05, 3.63) is 51.7 Å². The standard InChI is InChI=1S/C25H33N5O3S/c1-19-5-3-6-20(2)24(19)26-22(31)17-27-8-10-28(11-9-27)18-23(32)29-12-14-30(15-13-29)25(33)21-7-4-16-34-21/h3-7,16H,8-15,17-18H2,1-2H3,(H,26,31). The van der Waals surface area contributed by atoms with Gasteiger partial charge in [-0.05, 0) is 36.4 Å². The Bertz CT molecular complexity index is 989. The maximum Gasteiger partial charge on any atom is 0.264 e. The molecule has 3 amide bonds. The normalized spacial score (nSPS) is 17.6. The first-order chi connectivity index (χ1) is 16.4. The zero-order valence-corrected chi connectivity index (χ0v) is 20.8. The molecule has 0 spiro atoms. The van der Waals surface area contributed by atoms with Crippen LogP contribution in [0.1, 0.15) is 20.8 Å². The van der Waals surface area contributed by atoms with E-state index in [-0.39, 0.29) is 17.7 Å². The second kappa shape index (κ2) is 11.1. The topological polar surface area (TPSA) is 76.2 Å². The van der Waals surface area contributed by atoms with Gasteiger partial charge in [-0.25, -0.2) is 0 Å². The van der Waals surface area contributed by atoms with Crippen LogP contribution in [0.15, 0.2) is 35.7 Å². The highest BCUT2D eigenvalue weighted by atomic mass is 32.1. The number of hydrogen-bond acceptors (Lipinski definition) is 6. The number of anilines is 1. The Labute approximate surface area is 205 Å². The van der Waals surface area contributed by atoms with Crippen LogP contribution in [0.2, 0.25) is 0 Å². The number of carbonyl (C=O) groups is 3. The van der Waals surface area contributed by atoms with Gasteiger partial charge in [0.05, 0.1) is 18.0 Å². The predicted octanol–water partition coefficient (Wildman–Crippen LogP) is 1.91. The molecule has 182 valence electrons. The highest BCUT2D eigenvalue weighted by Crippen LogP contribution is 2.19. The molecule has 2 fully saturated rings. The summed E-state index contributed by atoms with van der Waals surface area (Å²) in [6.07, 6.45) is 0. The van der Waals surface area contributed by atoms with E-state index >= 15 is 0 Å². The first-order valence-electron chi connectivity index (χ1n) is 11.8. The van der Waals surface area contributed by atoms with Gasteiger partial charge in [0, 0.05) is 58.0 Å². The summed E-state index contributed by atoms with van der Waals surface area (Å²) in [5.74, 6) is 0.168. The van der Waals surface area contributed by atoms with Crippen molar-refractivity contribution in [3.63, 3.8) is 0 Å². The molecule has 0 atom stereocenters. The van der Waals surface area contributed by atoms with Crippen LogP contribution in [0.3, 0.4) is 0 Å². The van der Waals surface area contributed by atoms with E-state index < -0.39 is 0 Å². The average Bonchev–Trinajstić information content (AvgIpc) is 3.37. The summed E-state index contributed by atoms with van der Waals surface area (Å²) in [5, 5.41) is 4.96. The summed E-state index contributed by atoms with van der Waals surface area (Å²) in [7, 11) is 0. The lowest BCUT2D eigenvalue weighted by Crippen LogP contribution is -2.55. The van der Waals surface area contributed by atoms with Gasteiger partial charge in [-0.2, -0.15) is 0 Å². The number of benzene rings is 1. The molecule has 2 aliphatic heterocycles. The molecule has 2 aromatic rings. The minimum Gasteiger partial charge on any atom is -0.338 e. The summed E-state index contributed by atoms with van der Waals surface area (Å²) in [6, 6.07) is 9.72. The molecular formula is C25H33N5O3S. The molecular weight excluding hydrogens is 450 g/mol. The summed E-state index contributed by atoms with van der Waals surface area (Å²) in [6.45, 7) is 10.1. The van der Waals surface area contributed by atoms with Crippen LogP contribution >= 0.6 is 11.3 Å². The van der Waals surface area contributed by atoms with Gasteiger partial charge in [0.25, 0.3) is 5.91 Å². The van der Waals surface area contributed by atoms with Crippen LogP contribution in [-0.4, -0.2) is 103 Å². The van der Waals surface area contributed by atoms with Crippen LogP contribution in [-0.2, 0) is 9.59 Å². The van der Waals surface area contributed by atoms with E-state index in [1.807, 2.05) is 59.4 Å². The van der Waals surface area contributed by atoms with Gasteiger partial charge in [0.15, 0.2) is 0 Å². The van der Waals surface area contributed by atoms with Crippen LogP contribution < -0.4 is 5.32 Å². The van der Waals surface area contributed by atoms with E-state index in [0.29, 0.717) is 39.3 Å². The number of amides is 3. The molecule has 4 rings (SSSR count). The van der Waals surface area contributed by atoms with E-state index in [0.717, 1.165) is 47.9 Å². The third-order valence-electron chi connectivity index (χ3n) is 6.59. The molecule has 2 aliphatic rings. The van der Waals surface area contributed by atoms with Crippen LogP contribution in [0, 0.1) is 13.8 Å². The number of para-hydroxylation sites is 1. The SMILES string of the molecule is Cc1cccc(C)c1NC(=O)CN1CCN(CC(=O)N2CCN(C(=O)c3cccs3)CC2)CC1. The number of carbonyl (C=O) groups excluding carboxylic acids is 3. The Kier molecular flexibility index (Phi) is 7.97. The largest absolute Gasteiger partial charge is 0.338 e. The number of nitrogens with zero attached hydrogens (tertiary/aromatic N) is 4. The Hall–Kier alpha value is -2.75. The van der Waals surface area contributed by atoms with E-state index in [1.165, 1.54) is 11.3 Å². The molecule has 0 bridgehead atoms. The molecule has 2 saturated heterocycles. The van der Waals surface area contributed by atoms with E-state index in [2.05, 4.69) is 15.1 Å². The van der Waals surface area contributed by atoms with Crippen molar-refractivity contribution in [2.45, 2.75) is 13.8 Å². The van der Waals surface area contributed by atoms with E-state index in [1.54, 1.807) is 0 Å². The van der Waals surface area contributed by atoms with Gasteiger partial charge in [-0.15, -0.1) is 11.3 Å². The summed E-state index contributed by atoms with van der Waals surface area (Å²) in [5.41, 5.74) is 3.02. The van der Waals surface area contributed by atoms with Crippen molar-refractivity contribution in [3.8, 4) is 0 Å². The van der Waals surface area contributed by atoms with Gasteiger partial charge in [-0.3, -0.25) is 24.2 Å². The molecule has 0 radical (unpaired) electrons. The van der Waals surface area contributed by atoms with E-state index in [9.17, 15) is 14.4 Å². The minimum atomic E-state index is -0.00288. The van der Waals surface area contributed by atoms with Gasteiger partial charge in [0.2, 0.25) is 11.8 Å². The van der Waals surface area contributed by atoms with Gasteiger partial charge >= 0.3 is 0 Å². The number of piperazine rings is 2.